The predicted molar refractivity (Wildman–Crippen MR) is 153 cm³/mol. The van der Waals surface area contributed by atoms with E-state index in [1.54, 1.807) is 18.3 Å². The van der Waals surface area contributed by atoms with Gasteiger partial charge in [0.05, 0.1) is 5.75 Å². The first-order chi connectivity index (χ1) is 18.6. The second-order valence-electron chi connectivity index (χ2n) is 8.02. The Bertz CT molecular complexity index is 1510. The molecule has 0 unspecified atom stereocenters. The van der Waals surface area contributed by atoms with Crippen LogP contribution in [0.5, 0.6) is 5.75 Å². The Morgan fingerprint density at radius 1 is 0.947 bits per heavy atom. The van der Waals surface area contributed by atoms with Crippen LogP contribution in [0.3, 0.4) is 0 Å². The Balaban J connectivity index is 1.24. The van der Waals surface area contributed by atoms with Gasteiger partial charge in [-0.25, -0.2) is 4.98 Å². The van der Waals surface area contributed by atoms with Crippen LogP contribution in [0.15, 0.2) is 90.2 Å². The van der Waals surface area contributed by atoms with E-state index in [2.05, 4.69) is 20.5 Å². The van der Waals surface area contributed by atoms with Crippen molar-refractivity contribution in [3.63, 3.8) is 0 Å². The number of halogens is 2. The predicted octanol–water partition coefficient (Wildman–Crippen LogP) is 6.93. The fraction of sp³-hybridized carbons (Fsp3) is 0.111. The highest BCUT2D eigenvalue weighted by Crippen LogP contribution is 2.30. The first kappa shape index (κ1) is 26.2. The summed E-state index contributed by atoms with van der Waals surface area (Å²) in [6.45, 7) is 0.232. The summed E-state index contributed by atoms with van der Waals surface area (Å²) in [7, 11) is 0. The maximum Gasteiger partial charge on any atom is 0.236 e. The molecule has 5 rings (SSSR count). The van der Waals surface area contributed by atoms with Gasteiger partial charge in [0.25, 0.3) is 0 Å². The molecule has 38 heavy (non-hydrogen) atoms. The van der Waals surface area contributed by atoms with Crippen molar-refractivity contribution in [2.45, 2.75) is 18.2 Å². The van der Waals surface area contributed by atoms with Crippen molar-refractivity contribution in [3.8, 4) is 11.4 Å². The van der Waals surface area contributed by atoms with Gasteiger partial charge in [0.2, 0.25) is 5.91 Å². The van der Waals surface area contributed by atoms with E-state index >= 15 is 0 Å². The molecule has 0 bridgehead atoms. The fourth-order valence-electron chi connectivity index (χ4n) is 3.60. The summed E-state index contributed by atoms with van der Waals surface area (Å²) in [5, 5.41) is 13.8. The van der Waals surface area contributed by atoms with E-state index in [-0.39, 0.29) is 18.3 Å². The number of para-hydroxylation sites is 2. The highest BCUT2D eigenvalue weighted by molar-refractivity contribution is 7.99. The minimum absolute atomic E-state index is 0.135. The van der Waals surface area contributed by atoms with E-state index in [1.807, 2.05) is 71.3 Å². The number of carbonyl (C=O) groups excluding carboxylic acids is 1. The molecular formula is C27H21Cl2N5O2S2. The minimum atomic E-state index is -0.198. The monoisotopic (exact) mass is 581 g/mol. The number of hydrogen-bond acceptors (Lipinski definition) is 7. The van der Waals surface area contributed by atoms with Gasteiger partial charge < -0.3 is 10.1 Å². The summed E-state index contributed by atoms with van der Waals surface area (Å²) in [5.74, 6) is 1.31. The van der Waals surface area contributed by atoms with Gasteiger partial charge in [-0.2, -0.15) is 0 Å². The molecule has 5 aromatic rings. The Morgan fingerprint density at radius 3 is 2.39 bits per heavy atom. The number of thiazole rings is 1. The standard InChI is InChI=1S/C27H21Cl2N5O2S2/c28-22-12-7-13-23(29)21(22)14-20-15-30-26(38-20)31-25(35)17-37-27-33-32-24(16-36-19-10-5-2-6-11-19)34(27)18-8-3-1-4-9-18/h1-13,15H,14,16-17H2,(H,30,31,35). The molecule has 1 N–H and O–H groups in total. The molecule has 0 fully saturated rings. The summed E-state index contributed by atoms with van der Waals surface area (Å²) in [5.41, 5.74) is 1.72. The number of thioether (sulfide) groups is 1. The van der Waals surface area contributed by atoms with Crippen LogP contribution in [0, 0.1) is 0 Å². The third-order valence-electron chi connectivity index (χ3n) is 5.37. The largest absolute Gasteiger partial charge is 0.486 e. The van der Waals surface area contributed by atoms with Crippen molar-refractivity contribution in [1.82, 2.24) is 19.7 Å². The minimum Gasteiger partial charge on any atom is -0.486 e. The normalized spacial score (nSPS) is 10.9. The number of nitrogens with one attached hydrogen (secondary N) is 1. The second-order valence-corrected chi connectivity index (χ2v) is 10.9. The fourth-order valence-corrected chi connectivity index (χ4v) is 5.74. The van der Waals surface area contributed by atoms with Gasteiger partial charge in [0.1, 0.15) is 12.4 Å². The zero-order valence-electron chi connectivity index (χ0n) is 19.9. The van der Waals surface area contributed by atoms with E-state index in [1.165, 1.54) is 23.1 Å². The van der Waals surface area contributed by atoms with Crippen molar-refractivity contribution in [3.05, 3.63) is 111 Å². The Kier molecular flexibility index (Phi) is 8.60. The Morgan fingerprint density at radius 2 is 1.66 bits per heavy atom. The third kappa shape index (κ3) is 6.54. The number of carbonyl (C=O) groups is 1. The van der Waals surface area contributed by atoms with Crippen molar-refractivity contribution in [1.29, 1.82) is 0 Å². The molecule has 0 saturated heterocycles. The lowest BCUT2D eigenvalue weighted by Crippen LogP contribution is -2.14. The maximum atomic E-state index is 12.7. The van der Waals surface area contributed by atoms with Gasteiger partial charge in [-0.15, -0.1) is 21.5 Å². The third-order valence-corrected chi connectivity index (χ3v) is 7.92. The number of hydrogen-bond donors (Lipinski definition) is 1. The molecule has 0 spiro atoms. The highest BCUT2D eigenvalue weighted by atomic mass is 35.5. The van der Waals surface area contributed by atoms with Crippen molar-refractivity contribution in [2.75, 3.05) is 11.1 Å². The first-order valence-corrected chi connectivity index (χ1v) is 14.1. The van der Waals surface area contributed by atoms with E-state index in [0.717, 1.165) is 21.9 Å². The van der Waals surface area contributed by atoms with Gasteiger partial charge in [0, 0.05) is 33.2 Å². The lowest BCUT2D eigenvalue weighted by atomic mass is 10.1. The van der Waals surface area contributed by atoms with Crippen LogP contribution < -0.4 is 10.1 Å². The van der Waals surface area contributed by atoms with Gasteiger partial charge in [0.15, 0.2) is 16.1 Å². The average Bonchev–Trinajstić information content (AvgIpc) is 3.56. The van der Waals surface area contributed by atoms with Crippen LogP contribution in [0.25, 0.3) is 5.69 Å². The topological polar surface area (TPSA) is 81.9 Å². The number of amides is 1. The average molecular weight is 583 g/mol. The van der Waals surface area contributed by atoms with E-state index in [0.29, 0.717) is 32.6 Å². The molecule has 0 aliphatic carbocycles. The van der Waals surface area contributed by atoms with Gasteiger partial charge in [-0.05, 0) is 42.0 Å². The smallest absolute Gasteiger partial charge is 0.236 e. The molecule has 0 aliphatic heterocycles. The summed E-state index contributed by atoms with van der Waals surface area (Å²) in [6, 6.07) is 24.7. The van der Waals surface area contributed by atoms with Gasteiger partial charge >= 0.3 is 0 Å². The molecule has 192 valence electrons. The summed E-state index contributed by atoms with van der Waals surface area (Å²) < 4.78 is 7.79. The number of benzene rings is 3. The lowest BCUT2D eigenvalue weighted by molar-refractivity contribution is -0.113. The molecule has 2 aromatic heterocycles. The van der Waals surface area contributed by atoms with Crippen molar-refractivity contribution < 1.29 is 9.53 Å². The summed E-state index contributed by atoms with van der Waals surface area (Å²) in [6.07, 6.45) is 2.26. The van der Waals surface area contributed by atoms with Crippen LogP contribution in [0.4, 0.5) is 5.13 Å². The summed E-state index contributed by atoms with van der Waals surface area (Å²) >= 11 is 15.2. The van der Waals surface area contributed by atoms with Crippen LogP contribution >= 0.6 is 46.3 Å². The van der Waals surface area contributed by atoms with Crippen LogP contribution in [0.2, 0.25) is 10.0 Å². The molecule has 0 atom stereocenters. The molecule has 11 heteroatoms. The van der Waals surface area contributed by atoms with E-state index < -0.39 is 0 Å². The molecule has 0 saturated carbocycles. The second kappa shape index (κ2) is 12.4. The molecule has 7 nitrogen and oxygen atoms in total. The maximum absolute atomic E-state index is 12.7. The molecule has 0 aliphatic rings. The number of anilines is 1. The SMILES string of the molecule is O=C(CSc1nnc(COc2ccccc2)n1-c1ccccc1)Nc1ncc(Cc2c(Cl)cccc2Cl)s1. The van der Waals surface area contributed by atoms with Crippen LogP contribution in [-0.4, -0.2) is 31.4 Å². The zero-order valence-corrected chi connectivity index (χ0v) is 23.0. The zero-order chi connectivity index (χ0) is 26.3. The molecule has 0 radical (unpaired) electrons. The molecule has 1 amide bonds. The number of aromatic nitrogens is 4. The number of rotatable bonds is 10. The number of ether oxygens (including phenoxy) is 1. The first-order valence-electron chi connectivity index (χ1n) is 11.5. The quantitative estimate of drug-likeness (QED) is 0.180. The Hall–Kier alpha value is -3.37. The molecule has 3 aromatic carbocycles. The van der Waals surface area contributed by atoms with E-state index in [4.69, 9.17) is 27.9 Å². The van der Waals surface area contributed by atoms with Crippen molar-refractivity contribution in [2.24, 2.45) is 0 Å². The molecular weight excluding hydrogens is 561 g/mol. The highest BCUT2D eigenvalue weighted by Gasteiger charge is 2.17. The number of nitrogens with zero attached hydrogens (tertiary/aromatic N) is 4. The van der Waals surface area contributed by atoms with Gasteiger partial charge in [-0.3, -0.25) is 9.36 Å². The molecule has 2 heterocycles. The summed E-state index contributed by atoms with van der Waals surface area (Å²) in [4.78, 5) is 18.0. The lowest BCUT2D eigenvalue weighted by Gasteiger charge is -2.11. The van der Waals surface area contributed by atoms with Crippen LogP contribution in [0.1, 0.15) is 16.3 Å². The van der Waals surface area contributed by atoms with Gasteiger partial charge in [-0.1, -0.05) is 77.4 Å². The Labute approximate surface area is 237 Å². The van der Waals surface area contributed by atoms with Crippen molar-refractivity contribution >= 4 is 57.3 Å². The van der Waals surface area contributed by atoms with E-state index in [9.17, 15) is 4.79 Å². The van der Waals surface area contributed by atoms with Crippen LogP contribution in [-0.2, 0) is 17.8 Å².